The number of aromatic hydroxyl groups is 1. The Bertz CT molecular complexity index is 1510. The Hall–Kier alpha value is -4.15. The molecular weight excluding hydrogens is 484 g/mol. The van der Waals surface area contributed by atoms with E-state index in [0.29, 0.717) is 71.6 Å². The average molecular weight is 507 g/mol. The maximum absolute atomic E-state index is 9.78. The lowest BCUT2D eigenvalue weighted by Gasteiger charge is -2.11. The number of fused-ring (bicyclic) bond motifs is 2. The summed E-state index contributed by atoms with van der Waals surface area (Å²) in [5.74, 6) is 3.23. The van der Waals surface area contributed by atoms with Crippen molar-refractivity contribution in [2.45, 2.75) is 0 Å². The number of nitrogens with one attached hydrogen (secondary N) is 2. The molecule has 0 atom stereocenters. The van der Waals surface area contributed by atoms with Gasteiger partial charge in [-0.3, -0.25) is 0 Å². The minimum Gasteiger partial charge on any atom is -0.508 e. The van der Waals surface area contributed by atoms with Gasteiger partial charge >= 0.3 is 0 Å². The summed E-state index contributed by atoms with van der Waals surface area (Å²) in [5.41, 5.74) is 1.81. The number of phenols is 1. The number of anilines is 3. The maximum atomic E-state index is 9.78. The van der Waals surface area contributed by atoms with Crippen molar-refractivity contribution in [2.75, 3.05) is 43.4 Å². The molecule has 0 unspecified atom stereocenters. The molecule has 0 saturated heterocycles. The maximum Gasteiger partial charge on any atom is 0.229 e. The van der Waals surface area contributed by atoms with Crippen LogP contribution < -0.4 is 15.4 Å². The summed E-state index contributed by atoms with van der Waals surface area (Å²) in [5, 5.41) is 17.7. The number of halogens is 1. The first-order valence-corrected chi connectivity index (χ1v) is 11.7. The third-order valence-electron chi connectivity index (χ3n) is 5.29. The van der Waals surface area contributed by atoms with Crippen molar-refractivity contribution >= 4 is 50.9 Å². The van der Waals surface area contributed by atoms with E-state index in [1.54, 1.807) is 43.7 Å². The van der Waals surface area contributed by atoms with Crippen LogP contribution in [0.5, 0.6) is 11.6 Å². The highest BCUT2D eigenvalue weighted by atomic mass is 35.5. The second-order valence-corrected chi connectivity index (χ2v) is 8.07. The van der Waals surface area contributed by atoms with Crippen LogP contribution in [0.15, 0.2) is 59.3 Å². The van der Waals surface area contributed by atoms with E-state index in [4.69, 9.17) is 25.5 Å². The van der Waals surface area contributed by atoms with Gasteiger partial charge in [0, 0.05) is 48.2 Å². The van der Waals surface area contributed by atoms with Crippen LogP contribution in [0.25, 0.3) is 33.3 Å². The lowest BCUT2D eigenvalue weighted by molar-refractivity contribution is 0.110. The quantitative estimate of drug-likeness (QED) is 0.176. The number of alkyl halides is 1. The molecule has 3 N–H and O–H groups in total. The predicted molar refractivity (Wildman–Crippen MR) is 138 cm³/mol. The fourth-order valence-corrected chi connectivity index (χ4v) is 3.77. The predicted octanol–water partition coefficient (Wildman–Crippen LogP) is 4.96. The monoisotopic (exact) mass is 506 g/mol. The molecule has 5 aromatic rings. The van der Waals surface area contributed by atoms with Crippen LogP contribution in [0.3, 0.4) is 0 Å². The first kappa shape index (κ1) is 23.6. The van der Waals surface area contributed by atoms with E-state index >= 15 is 0 Å². The smallest absolute Gasteiger partial charge is 0.229 e. The lowest BCUT2D eigenvalue weighted by atomic mass is 10.1. The number of oxazole rings is 1. The van der Waals surface area contributed by atoms with Gasteiger partial charge in [-0.2, -0.15) is 4.98 Å². The molecule has 0 radical (unpaired) electrons. The fraction of sp³-hybridized carbons (Fsp3) is 0.200. The van der Waals surface area contributed by atoms with Crippen LogP contribution in [-0.2, 0) is 4.74 Å². The first-order chi connectivity index (χ1) is 17.6. The first-order valence-electron chi connectivity index (χ1n) is 11.2. The van der Waals surface area contributed by atoms with Gasteiger partial charge in [-0.1, -0.05) is 6.07 Å². The number of aromatic nitrogens is 4. The van der Waals surface area contributed by atoms with Crippen LogP contribution >= 0.6 is 11.6 Å². The standard InChI is InChI=1S/C25H23ClN6O4/c1-27-24-17-13-28-22(31-21-3-2-4-23(32-21)35-10-9-34-8-7-26)12-16(17)18(14-29-24)25-30-19-11-15(33)5-6-20(19)36-25/h2-6,11-14,33H,7-10H2,1H3,(H,27,29)(H,28,31,32). The molecule has 0 aliphatic carbocycles. The zero-order valence-corrected chi connectivity index (χ0v) is 20.1. The van der Waals surface area contributed by atoms with Crippen LogP contribution in [0.1, 0.15) is 0 Å². The lowest BCUT2D eigenvalue weighted by Crippen LogP contribution is -2.09. The van der Waals surface area contributed by atoms with Crippen molar-refractivity contribution in [1.82, 2.24) is 19.9 Å². The zero-order valence-electron chi connectivity index (χ0n) is 19.4. The Balaban J connectivity index is 1.45. The van der Waals surface area contributed by atoms with Gasteiger partial charge in [0.05, 0.1) is 18.8 Å². The Morgan fingerprint density at radius 1 is 0.972 bits per heavy atom. The Labute approximate surface area is 211 Å². The number of benzene rings is 1. The number of phenolic OH excluding ortho intramolecular Hbond substituents is 1. The van der Waals surface area contributed by atoms with Gasteiger partial charge in [0.2, 0.25) is 11.8 Å². The summed E-state index contributed by atoms with van der Waals surface area (Å²) < 4.78 is 16.9. The molecule has 10 nitrogen and oxygen atoms in total. The van der Waals surface area contributed by atoms with Gasteiger partial charge in [-0.25, -0.2) is 15.0 Å². The van der Waals surface area contributed by atoms with E-state index in [9.17, 15) is 5.11 Å². The van der Waals surface area contributed by atoms with E-state index in [-0.39, 0.29) is 5.75 Å². The molecule has 0 bridgehead atoms. The second-order valence-electron chi connectivity index (χ2n) is 7.69. The van der Waals surface area contributed by atoms with Gasteiger partial charge in [0.15, 0.2) is 5.58 Å². The molecule has 0 amide bonds. The summed E-state index contributed by atoms with van der Waals surface area (Å²) >= 11 is 5.60. The molecule has 4 heterocycles. The third-order valence-corrected chi connectivity index (χ3v) is 5.44. The van der Waals surface area contributed by atoms with Crippen molar-refractivity contribution in [1.29, 1.82) is 0 Å². The normalized spacial score (nSPS) is 11.2. The van der Waals surface area contributed by atoms with Crippen LogP contribution in [0.2, 0.25) is 0 Å². The van der Waals surface area contributed by atoms with Crippen molar-refractivity contribution in [3.63, 3.8) is 0 Å². The number of hydrogen-bond donors (Lipinski definition) is 3. The fourth-order valence-electron chi connectivity index (χ4n) is 3.66. The zero-order chi connectivity index (χ0) is 24.9. The number of ether oxygens (including phenoxy) is 2. The van der Waals surface area contributed by atoms with E-state index in [0.717, 1.165) is 10.8 Å². The molecule has 36 heavy (non-hydrogen) atoms. The molecule has 0 aliphatic heterocycles. The van der Waals surface area contributed by atoms with Crippen LogP contribution in [0, 0.1) is 0 Å². The largest absolute Gasteiger partial charge is 0.508 e. The summed E-state index contributed by atoms with van der Waals surface area (Å²) in [7, 11) is 1.80. The molecule has 0 saturated carbocycles. The van der Waals surface area contributed by atoms with Gasteiger partial charge in [-0.15, -0.1) is 11.6 Å². The Morgan fingerprint density at radius 3 is 2.75 bits per heavy atom. The molecule has 0 aliphatic rings. The van der Waals surface area contributed by atoms with Gasteiger partial charge in [0.25, 0.3) is 0 Å². The molecule has 0 fully saturated rings. The van der Waals surface area contributed by atoms with Gasteiger partial charge < -0.3 is 29.6 Å². The van der Waals surface area contributed by atoms with Crippen LogP contribution in [-0.4, -0.2) is 57.8 Å². The van der Waals surface area contributed by atoms with Crippen LogP contribution in [0.4, 0.5) is 17.5 Å². The van der Waals surface area contributed by atoms with E-state index in [1.807, 2.05) is 18.2 Å². The summed E-state index contributed by atoms with van der Waals surface area (Å²) in [6, 6.07) is 12.1. The average Bonchev–Trinajstić information content (AvgIpc) is 3.31. The second kappa shape index (κ2) is 10.6. The number of pyridine rings is 3. The van der Waals surface area contributed by atoms with E-state index < -0.39 is 0 Å². The number of rotatable bonds is 10. The SMILES string of the molecule is CNc1ncc(-c2nc3cc(O)ccc3o2)c2cc(Nc3cccc(OCCOCCCl)n3)ncc12. The Morgan fingerprint density at radius 2 is 1.89 bits per heavy atom. The molecule has 184 valence electrons. The van der Waals surface area contributed by atoms with Gasteiger partial charge in [0.1, 0.15) is 35.3 Å². The van der Waals surface area contributed by atoms with Crippen molar-refractivity contribution in [3.05, 3.63) is 54.9 Å². The number of nitrogens with zero attached hydrogens (tertiary/aromatic N) is 4. The highest BCUT2D eigenvalue weighted by Gasteiger charge is 2.16. The molecule has 5 rings (SSSR count). The highest BCUT2D eigenvalue weighted by Crippen LogP contribution is 2.34. The minimum absolute atomic E-state index is 0.119. The van der Waals surface area contributed by atoms with Crippen molar-refractivity contribution in [2.24, 2.45) is 0 Å². The molecule has 0 spiro atoms. The van der Waals surface area contributed by atoms with Crippen molar-refractivity contribution in [3.8, 4) is 23.1 Å². The topological polar surface area (TPSA) is 127 Å². The summed E-state index contributed by atoms with van der Waals surface area (Å²) in [6.45, 7) is 1.28. The van der Waals surface area contributed by atoms with E-state index in [1.165, 1.54) is 0 Å². The summed E-state index contributed by atoms with van der Waals surface area (Å²) in [6.07, 6.45) is 3.42. The minimum atomic E-state index is 0.119. The van der Waals surface area contributed by atoms with Gasteiger partial charge in [-0.05, 0) is 24.3 Å². The summed E-state index contributed by atoms with van der Waals surface area (Å²) in [4.78, 5) is 18.1. The molecule has 11 heteroatoms. The molecule has 1 aromatic carbocycles. The number of hydrogen-bond acceptors (Lipinski definition) is 10. The molecule has 4 aromatic heterocycles. The molecular formula is C25H23ClN6O4. The third kappa shape index (κ3) is 5.09. The van der Waals surface area contributed by atoms with E-state index in [2.05, 4.69) is 30.6 Å². The highest BCUT2D eigenvalue weighted by molar-refractivity contribution is 6.17. The van der Waals surface area contributed by atoms with Crippen molar-refractivity contribution < 1.29 is 19.0 Å². The Kier molecular flexibility index (Phi) is 6.96.